The van der Waals surface area contributed by atoms with E-state index in [1.54, 1.807) is 12.1 Å². The highest BCUT2D eigenvalue weighted by Crippen LogP contribution is 2.38. The van der Waals surface area contributed by atoms with Crippen LogP contribution in [0, 0.1) is 5.82 Å². The van der Waals surface area contributed by atoms with Gasteiger partial charge < -0.3 is 4.90 Å². The van der Waals surface area contributed by atoms with Crippen LogP contribution in [0.2, 0.25) is 0 Å². The molecule has 0 radical (unpaired) electrons. The van der Waals surface area contributed by atoms with Gasteiger partial charge in [0.25, 0.3) is 0 Å². The van der Waals surface area contributed by atoms with Crippen LogP contribution in [0.4, 0.5) is 4.39 Å². The van der Waals surface area contributed by atoms with E-state index in [0.717, 1.165) is 25.9 Å². The van der Waals surface area contributed by atoms with Crippen LogP contribution in [0.3, 0.4) is 0 Å². The zero-order chi connectivity index (χ0) is 13.2. The summed E-state index contributed by atoms with van der Waals surface area (Å²) in [4.78, 5) is 14.6. The van der Waals surface area contributed by atoms with Crippen molar-refractivity contribution < 1.29 is 9.18 Å². The van der Waals surface area contributed by atoms with Crippen LogP contribution >= 0.6 is 0 Å². The molecule has 0 N–H and O–H groups in total. The molecule has 0 atom stereocenters. The van der Waals surface area contributed by atoms with Crippen molar-refractivity contribution in [3.05, 3.63) is 35.6 Å². The first-order valence-corrected chi connectivity index (χ1v) is 6.57. The van der Waals surface area contributed by atoms with Crippen LogP contribution in [0.1, 0.15) is 31.7 Å². The quantitative estimate of drug-likeness (QED) is 0.821. The highest BCUT2D eigenvalue weighted by Gasteiger charge is 2.42. The largest absolute Gasteiger partial charge is 0.306 e. The predicted octanol–water partition coefficient (Wildman–Crippen LogP) is 2.77. The number of carbonyl (C=O) groups excluding carboxylic acids is 1. The summed E-state index contributed by atoms with van der Waals surface area (Å²) in [6.45, 7) is 3.56. The van der Waals surface area contributed by atoms with Gasteiger partial charge in [-0.15, -0.1) is 0 Å². The van der Waals surface area contributed by atoms with Gasteiger partial charge in [0.2, 0.25) is 0 Å². The Bertz CT molecular complexity index is 436. The van der Waals surface area contributed by atoms with Crippen LogP contribution in [-0.2, 0) is 10.2 Å². The average Bonchev–Trinajstić information content (AvgIpc) is 2.40. The number of Topliss-reactive ketones (excluding diaryl/α,β-unsaturated/α-hetero) is 1. The van der Waals surface area contributed by atoms with Gasteiger partial charge in [0.1, 0.15) is 11.6 Å². The molecule has 0 bridgehead atoms. The summed E-state index contributed by atoms with van der Waals surface area (Å²) < 4.78 is 14.0. The Labute approximate surface area is 108 Å². The average molecular weight is 249 g/mol. The molecular formula is C15H20FNO. The lowest BCUT2D eigenvalue weighted by Crippen LogP contribution is -2.46. The smallest absolute Gasteiger partial charge is 0.143 e. The van der Waals surface area contributed by atoms with Gasteiger partial charge in [-0.05, 0) is 39.0 Å². The third-order valence-corrected chi connectivity index (χ3v) is 4.08. The van der Waals surface area contributed by atoms with E-state index in [9.17, 15) is 9.18 Å². The fraction of sp³-hybridized carbons (Fsp3) is 0.533. The van der Waals surface area contributed by atoms with Crippen LogP contribution < -0.4 is 0 Å². The maximum atomic E-state index is 14.0. The van der Waals surface area contributed by atoms with Gasteiger partial charge in [-0.2, -0.15) is 0 Å². The number of hydrogen-bond acceptors (Lipinski definition) is 2. The minimum atomic E-state index is -0.605. The summed E-state index contributed by atoms with van der Waals surface area (Å²) in [7, 11) is 2.04. The SMILES string of the molecule is CCC(=O)C1(c2ccccc2F)CCN(C)CC1. The molecule has 1 fully saturated rings. The third-order valence-electron chi connectivity index (χ3n) is 4.08. The third kappa shape index (κ3) is 2.19. The topological polar surface area (TPSA) is 20.3 Å². The zero-order valence-corrected chi connectivity index (χ0v) is 11.1. The molecule has 1 heterocycles. The molecule has 2 rings (SSSR count). The van der Waals surface area contributed by atoms with Gasteiger partial charge in [0.15, 0.2) is 0 Å². The van der Waals surface area contributed by atoms with E-state index >= 15 is 0 Å². The number of ketones is 1. The number of benzene rings is 1. The van der Waals surface area contributed by atoms with Crippen LogP contribution in [0.5, 0.6) is 0 Å². The van der Waals surface area contributed by atoms with Crippen molar-refractivity contribution in [1.29, 1.82) is 0 Å². The summed E-state index contributed by atoms with van der Waals surface area (Å²) in [5, 5.41) is 0. The predicted molar refractivity (Wildman–Crippen MR) is 70.1 cm³/mol. The highest BCUT2D eigenvalue weighted by atomic mass is 19.1. The van der Waals surface area contributed by atoms with E-state index in [2.05, 4.69) is 4.90 Å². The minimum Gasteiger partial charge on any atom is -0.306 e. The Kier molecular flexibility index (Phi) is 3.81. The summed E-state index contributed by atoms with van der Waals surface area (Å²) in [5.74, 6) is -0.0791. The first-order valence-electron chi connectivity index (χ1n) is 6.57. The van der Waals surface area contributed by atoms with Crippen molar-refractivity contribution in [3.8, 4) is 0 Å². The van der Waals surface area contributed by atoms with Crippen LogP contribution in [0.25, 0.3) is 0 Å². The van der Waals surface area contributed by atoms with E-state index in [1.807, 2.05) is 20.0 Å². The van der Waals surface area contributed by atoms with E-state index in [4.69, 9.17) is 0 Å². The number of nitrogens with zero attached hydrogens (tertiary/aromatic N) is 1. The fourth-order valence-electron chi connectivity index (χ4n) is 2.89. The van der Waals surface area contributed by atoms with E-state index in [0.29, 0.717) is 12.0 Å². The first-order chi connectivity index (χ1) is 8.60. The normalized spacial score (nSPS) is 19.7. The molecule has 0 saturated carbocycles. The minimum absolute atomic E-state index is 0.167. The molecule has 0 aliphatic carbocycles. The molecule has 0 unspecified atom stereocenters. The van der Waals surface area contributed by atoms with E-state index in [1.165, 1.54) is 6.07 Å². The molecule has 1 aliphatic heterocycles. The highest BCUT2D eigenvalue weighted by molar-refractivity contribution is 5.90. The molecule has 0 amide bonds. The molecule has 1 aliphatic rings. The number of rotatable bonds is 3. The monoisotopic (exact) mass is 249 g/mol. The Hall–Kier alpha value is -1.22. The molecule has 0 aromatic heterocycles. The van der Waals surface area contributed by atoms with Crippen LogP contribution in [-0.4, -0.2) is 30.8 Å². The maximum Gasteiger partial charge on any atom is 0.143 e. The Morgan fingerprint density at radius 1 is 1.33 bits per heavy atom. The van der Waals surface area contributed by atoms with Crippen molar-refractivity contribution in [2.45, 2.75) is 31.6 Å². The Balaban J connectivity index is 2.43. The van der Waals surface area contributed by atoms with Crippen molar-refractivity contribution in [1.82, 2.24) is 4.90 Å². The molecule has 1 aromatic carbocycles. The maximum absolute atomic E-state index is 14.0. The number of carbonyl (C=O) groups is 1. The lowest BCUT2D eigenvalue weighted by atomic mass is 9.69. The van der Waals surface area contributed by atoms with Gasteiger partial charge in [-0.25, -0.2) is 4.39 Å². The summed E-state index contributed by atoms with van der Waals surface area (Å²) in [6.07, 6.45) is 1.91. The molecule has 98 valence electrons. The molecule has 1 aromatic rings. The van der Waals surface area contributed by atoms with Crippen LogP contribution in [0.15, 0.2) is 24.3 Å². The summed E-state index contributed by atoms with van der Waals surface area (Å²) >= 11 is 0. The number of halogens is 1. The van der Waals surface area contributed by atoms with Crippen molar-refractivity contribution in [3.63, 3.8) is 0 Å². The lowest BCUT2D eigenvalue weighted by Gasteiger charge is -2.40. The Morgan fingerprint density at radius 3 is 2.50 bits per heavy atom. The molecule has 0 spiro atoms. The second-order valence-electron chi connectivity index (χ2n) is 5.14. The number of hydrogen-bond donors (Lipinski definition) is 0. The van der Waals surface area contributed by atoms with Gasteiger partial charge in [-0.1, -0.05) is 25.1 Å². The van der Waals surface area contributed by atoms with Gasteiger partial charge in [0, 0.05) is 12.0 Å². The molecule has 2 nitrogen and oxygen atoms in total. The molecule has 18 heavy (non-hydrogen) atoms. The molecular weight excluding hydrogens is 229 g/mol. The molecule has 3 heteroatoms. The zero-order valence-electron chi connectivity index (χ0n) is 11.1. The van der Waals surface area contributed by atoms with E-state index < -0.39 is 5.41 Å². The number of likely N-dealkylation sites (tertiary alicyclic amines) is 1. The second-order valence-corrected chi connectivity index (χ2v) is 5.14. The Morgan fingerprint density at radius 2 is 1.94 bits per heavy atom. The van der Waals surface area contributed by atoms with Gasteiger partial charge in [-0.3, -0.25) is 4.79 Å². The van der Waals surface area contributed by atoms with E-state index in [-0.39, 0.29) is 11.6 Å². The summed E-state index contributed by atoms with van der Waals surface area (Å²) in [6, 6.07) is 6.73. The lowest BCUT2D eigenvalue weighted by molar-refractivity contribution is -0.126. The standard InChI is InChI=1S/C15H20FNO/c1-3-14(18)15(8-10-17(2)11-9-15)12-6-4-5-7-13(12)16/h4-7H,3,8-11H2,1-2H3. The van der Waals surface area contributed by atoms with Gasteiger partial charge >= 0.3 is 0 Å². The van der Waals surface area contributed by atoms with Gasteiger partial charge in [0.05, 0.1) is 5.41 Å². The number of piperidine rings is 1. The van der Waals surface area contributed by atoms with Crippen molar-refractivity contribution >= 4 is 5.78 Å². The second kappa shape index (κ2) is 5.19. The van der Waals surface area contributed by atoms with Crippen molar-refractivity contribution in [2.24, 2.45) is 0 Å². The first kappa shape index (κ1) is 13.2. The molecule has 1 saturated heterocycles. The fourth-order valence-corrected chi connectivity index (χ4v) is 2.89. The summed E-state index contributed by atoms with van der Waals surface area (Å²) in [5.41, 5.74) is -0.0166. The van der Waals surface area contributed by atoms with Crippen molar-refractivity contribution in [2.75, 3.05) is 20.1 Å².